The van der Waals surface area contributed by atoms with Crippen molar-refractivity contribution in [2.45, 2.75) is 18.9 Å². The van der Waals surface area contributed by atoms with Crippen LogP contribution in [0, 0.1) is 5.82 Å². The summed E-state index contributed by atoms with van der Waals surface area (Å²) in [6.45, 7) is 1.80. The van der Waals surface area contributed by atoms with E-state index in [2.05, 4.69) is 10.3 Å². The molecule has 0 radical (unpaired) electrons. The number of rotatable bonds is 1. The van der Waals surface area contributed by atoms with Crippen molar-refractivity contribution in [1.82, 2.24) is 14.9 Å². The first-order valence-electron chi connectivity index (χ1n) is 5.86. The normalized spacial score (nSPS) is 20.9. The highest BCUT2D eigenvalue weighted by molar-refractivity contribution is 5.75. The molecule has 2 aromatic rings. The Labute approximate surface area is 97.4 Å². The number of benzene rings is 1. The molecule has 0 aliphatic carbocycles. The number of aromatic nitrogens is 2. The van der Waals surface area contributed by atoms with Crippen molar-refractivity contribution in [2.24, 2.45) is 0 Å². The van der Waals surface area contributed by atoms with Crippen LogP contribution in [0.25, 0.3) is 11.0 Å². The van der Waals surface area contributed by atoms with Crippen molar-refractivity contribution in [3.05, 3.63) is 34.5 Å². The van der Waals surface area contributed by atoms with Crippen LogP contribution in [-0.4, -0.2) is 22.6 Å². The van der Waals surface area contributed by atoms with Crippen LogP contribution in [0.15, 0.2) is 23.0 Å². The summed E-state index contributed by atoms with van der Waals surface area (Å²) >= 11 is 0. The molecule has 3 rings (SSSR count). The number of H-pyrrole nitrogens is 1. The van der Waals surface area contributed by atoms with Crippen LogP contribution in [0.1, 0.15) is 18.9 Å². The molecule has 17 heavy (non-hydrogen) atoms. The van der Waals surface area contributed by atoms with Gasteiger partial charge < -0.3 is 10.3 Å². The minimum absolute atomic E-state index is 0.153. The predicted octanol–water partition coefficient (Wildman–Crippen LogP) is 1.39. The van der Waals surface area contributed by atoms with Gasteiger partial charge in [-0.05, 0) is 37.6 Å². The summed E-state index contributed by atoms with van der Waals surface area (Å²) in [5, 5.41) is 3.28. The molecule has 0 bridgehead atoms. The van der Waals surface area contributed by atoms with Gasteiger partial charge >= 0.3 is 5.69 Å². The van der Waals surface area contributed by atoms with Crippen LogP contribution >= 0.6 is 0 Å². The van der Waals surface area contributed by atoms with Gasteiger partial charge in [-0.15, -0.1) is 0 Å². The molecule has 1 unspecified atom stereocenters. The van der Waals surface area contributed by atoms with Crippen LogP contribution < -0.4 is 11.0 Å². The van der Waals surface area contributed by atoms with E-state index in [4.69, 9.17) is 0 Å². The maximum Gasteiger partial charge on any atom is 0.326 e. The number of aromatic amines is 1. The lowest BCUT2D eigenvalue weighted by Crippen LogP contribution is -2.35. The van der Waals surface area contributed by atoms with Gasteiger partial charge in [0, 0.05) is 6.54 Å². The Kier molecular flexibility index (Phi) is 2.48. The molecule has 1 aromatic heterocycles. The van der Waals surface area contributed by atoms with Gasteiger partial charge in [0.1, 0.15) is 5.82 Å². The Morgan fingerprint density at radius 3 is 3.06 bits per heavy atom. The lowest BCUT2D eigenvalue weighted by atomic mass is 10.1. The number of halogens is 1. The maximum atomic E-state index is 13.1. The van der Waals surface area contributed by atoms with Gasteiger partial charge in [0.05, 0.1) is 17.1 Å². The van der Waals surface area contributed by atoms with E-state index in [9.17, 15) is 9.18 Å². The maximum absolute atomic E-state index is 13.1. The van der Waals surface area contributed by atoms with E-state index < -0.39 is 0 Å². The van der Waals surface area contributed by atoms with Gasteiger partial charge in [-0.25, -0.2) is 9.18 Å². The number of hydrogen-bond acceptors (Lipinski definition) is 2. The number of piperidine rings is 1. The third-order valence-corrected chi connectivity index (χ3v) is 3.31. The van der Waals surface area contributed by atoms with E-state index >= 15 is 0 Å². The molecule has 2 N–H and O–H groups in total. The molecule has 0 spiro atoms. The fraction of sp³-hybridized carbons (Fsp3) is 0.417. The van der Waals surface area contributed by atoms with Crippen molar-refractivity contribution in [1.29, 1.82) is 0 Å². The van der Waals surface area contributed by atoms with E-state index in [0.29, 0.717) is 5.52 Å². The molecular weight excluding hydrogens is 221 g/mol. The third kappa shape index (κ3) is 1.76. The molecule has 1 fully saturated rings. The number of hydrogen-bond donors (Lipinski definition) is 2. The molecule has 5 heteroatoms. The molecule has 1 aliphatic rings. The standard InChI is InChI=1S/C12H14FN3O/c13-8-3-4-11-10(6-8)15-12(17)16(11)9-2-1-5-14-7-9/h3-4,6,9,14H,1-2,5,7H2,(H,15,17). The Hall–Kier alpha value is -1.62. The van der Waals surface area contributed by atoms with Gasteiger partial charge in [0.25, 0.3) is 0 Å². The summed E-state index contributed by atoms with van der Waals surface area (Å²) in [4.78, 5) is 14.6. The number of nitrogens with zero attached hydrogens (tertiary/aromatic N) is 1. The average molecular weight is 235 g/mol. The van der Waals surface area contributed by atoms with Crippen molar-refractivity contribution in [3.8, 4) is 0 Å². The molecule has 0 saturated carbocycles. The second-order valence-corrected chi connectivity index (χ2v) is 4.46. The van der Waals surface area contributed by atoms with Crippen LogP contribution in [0.4, 0.5) is 4.39 Å². The fourth-order valence-electron chi connectivity index (χ4n) is 2.52. The summed E-state index contributed by atoms with van der Waals surface area (Å²) in [7, 11) is 0. The Balaban J connectivity index is 2.14. The Morgan fingerprint density at radius 2 is 2.29 bits per heavy atom. The second-order valence-electron chi connectivity index (χ2n) is 4.46. The van der Waals surface area contributed by atoms with Gasteiger partial charge in [0.15, 0.2) is 0 Å². The topological polar surface area (TPSA) is 49.8 Å². The first-order valence-corrected chi connectivity index (χ1v) is 5.86. The van der Waals surface area contributed by atoms with Crippen LogP contribution in [-0.2, 0) is 0 Å². The third-order valence-electron chi connectivity index (χ3n) is 3.31. The first kappa shape index (κ1) is 10.5. The van der Waals surface area contributed by atoms with Gasteiger partial charge in [-0.1, -0.05) is 0 Å². The number of fused-ring (bicyclic) bond motifs is 1. The van der Waals surface area contributed by atoms with Gasteiger partial charge in [-0.3, -0.25) is 4.57 Å². The second kappa shape index (κ2) is 4.00. The lowest BCUT2D eigenvalue weighted by molar-refractivity contribution is 0.372. The summed E-state index contributed by atoms with van der Waals surface area (Å²) < 4.78 is 14.8. The molecule has 4 nitrogen and oxygen atoms in total. The van der Waals surface area contributed by atoms with Gasteiger partial charge in [0.2, 0.25) is 0 Å². The first-order chi connectivity index (χ1) is 8.25. The van der Waals surface area contributed by atoms with E-state index in [1.165, 1.54) is 12.1 Å². The van der Waals surface area contributed by atoms with Crippen molar-refractivity contribution in [3.63, 3.8) is 0 Å². The summed E-state index contributed by atoms with van der Waals surface area (Å²) in [5.74, 6) is -0.326. The van der Waals surface area contributed by atoms with Crippen LogP contribution in [0.2, 0.25) is 0 Å². The Bertz CT molecular complexity index is 595. The molecule has 2 heterocycles. The molecule has 1 aromatic carbocycles. The fourth-order valence-corrected chi connectivity index (χ4v) is 2.52. The molecule has 1 aliphatic heterocycles. The minimum atomic E-state index is -0.326. The molecule has 1 saturated heterocycles. The van der Waals surface area contributed by atoms with Crippen molar-refractivity contribution >= 4 is 11.0 Å². The summed E-state index contributed by atoms with van der Waals surface area (Å²) in [6, 6.07) is 4.58. The lowest BCUT2D eigenvalue weighted by Gasteiger charge is -2.23. The highest BCUT2D eigenvalue weighted by Gasteiger charge is 2.19. The zero-order valence-corrected chi connectivity index (χ0v) is 9.37. The minimum Gasteiger partial charge on any atom is -0.315 e. The summed E-state index contributed by atoms with van der Waals surface area (Å²) in [6.07, 6.45) is 2.04. The van der Waals surface area contributed by atoms with Crippen molar-refractivity contribution in [2.75, 3.05) is 13.1 Å². The SMILES string of the molecule is O=c1[nH]c2cc(F)ccc2n1C1CCCNC1. The van der Waals surface area contributed by atoms with E-state index in [1.807, 2.05) is 0 Å². The molecule has 0 amide bonds. The summed E-state index contributed by atoms with van der Waals surface area (Å²) in [5.41, 5.74) is 1.20. The monoisotopic (exact) mass is 235 g/mol. The molecule has 90 valence electrons. The number of imidazole rings is 1. The van der Waals surface area contributed by atoms with E-state index in [1.54, 1.807) is 10.6 Å². The predicted molar refractivity (Wildman–Crippen MR) is 63.7 cm³/mol. The Morgan fingerprint density at radius 1 is 1.41 bits per heavy atom. The number of nitrogens with one attached hydrogen (secondary N) is 2. The van der Waals surface area contributed by atoms with E-state index in [-0.39, 0.29) is 17.5 Å². The van der Waals surface area contributed by atoms with Gasteiger partial charge in [-0.2, -0.15) is 0 Å². The largest absolute Gasteiger partial charge is 0.326 e. The highest BCUT2D eigenvalue weighted by atomic mass is 19.1. The average Bonchev–Trinajstić information content (AvgIpc) is 2.65. The van der Waals surface area contributed by atoms with E-state index in [0.717, 1.165) is 31.4 Å². The zero-order valence-electron chi connectivity index (χ0n) is 9.37. The highest BCUT2D eigenvalue weighted by Crippen LogP contribution is 2.20. The zero-order chi connectivity index (χ0) is 11.8. The quantitative estimate of drug-likeness (QED) is 0.784. The molecule has 1 atom stereocenters. The smallest absolute Gasteiger partial charge is 0.315 e. The van der Waals surface area contributed by atoms with Crippen LogP contribution in [0.3, 0.4) is 0 Å². The van der Waals surface area contributed by atoms with Crippen molar-refractivity contribution < 1.29 is 4.39 Å². The molecular formula is C12H14FN3O. The van der Waals surface area contributed by atoms with Crippen LogP contribution in [0.5, 0.6) is 0 Å².